The van der Waals surface area contributed by atoms with Crippen LogP contribution in [0.3, 0.4) is 0 Å². The quantitative estimate of drug-likeness (QED) is 0.706. The van der Waals surface area contributed by atoms with Crippen molar-refractivity contribution >= 4 is 17.1 Å². The Balaban J connectivity index is 1.93. The number of rotatable bonds is 9. The van der Waals surface area contributed by atoms with Crippen LogP contribution < -0.4 is 5.73 Å². The largest absolute Gasteiger partial charge is 0.382 e. The highest BCUT2D eigenvalue weighted by atomic mass is 16.5. The van der Waals surface area contributed by atoms with E-state index >= 15 is 0 Å². The van der Waals surface area contributed by atoms with Crippen LogP contribution in [0.15, 0.2) is 0 Å². The second kappa shape index (κ2) is 7.42. The van der Waals surface area contributed by atoms with E-state index in [-0.39, 0.29) is 0 Å². The summed E-state index contributed by atoms with van der Waals surface area (Å²) in [4.78, 5) is 4.45. The lowest BCUT2D eigenvalue weighted by molar-refractivity contribution is 0.0684. The highest BCUT2D eigenvalue weighted by Gasteiger charge is 2.16. The molecule has 0 atom stereocenters. The lowest BCUT2D eigenvalue weighted by Gasteiger charge is -2.07. The Labute approximate surface area is 125 Å². The number of hydrogen-bond donors (Lipinski definition) is 1. The van der Waals surface area contributed by atoms with E-state index in [1.54, 1.807) is 7.11 Å². The van der Waals surface area contributed by atoms with E-state index in [9.17, 15) is 0 Å². The molecular weight excluding hydrogens is 270 g/mol. The van der Waals surface area contributed by atoms with E-state index in [2.05, 4.69) is 17.0 Å². The minimum atomic E-state index is 0.563. The molecule has 0 radical (unpaired) electrons. The van der Waals surface area contributed by atoms with Gasteiger partial charge in [0.2, 0.25) is 5.95 Å². The number of nitrogens with zero attached hydrogens (tertiary/aromatic N) is 4. The summed E-state index contributed by atoms with van der Waals surface area (Å²) in [6.07, 6.45) is 2.84. The number of anilines is 1. The Morgan fingerprint density at radius 2 is 2.00 bits per heavy atom. The highest BCUT2D eigenvalue weighted by Crippen LogP contribution is 2.21. The van der Waals surface area contributed by atoms with Crippen LogP contribution in [0.5, 0.6) is 0 Å². The van der Waals surface area contributed by atoms with Crippen LogP contribution in [0.25, 0.3) is 11.2 Å². The molecule has 0 unspecified atom stereocenters. The van der Waals surface area contributed by atoms with Crippen molar-refractivity contribution < 1.29 is 9.47 Å². The summed E-state index contributed by atoms with van der Waals surface area (Å²) in [5, 5.41) is 4.49. The molecule has 2 rings (SSSR count). The van der Waals surface area contributed by atoms with Crippen LogP contribution in [0.1, 0.15) is 25.5 Å². The maximum atomic E-state index is 6.03. The minimum Gasteiger partial charge on any atom is -0.382 e. The fourth-order valence-electron chi connectivity index (χ4n) is 2.44. The SMILES string of the molecule is CCc1nn(C)c2c1nc(N)n2CCCCOCCOC. The number of hydrogen-bond acceptors (Lipinski definition) is 5. The van der Waals surface area contributed by atoms with Gasteiger partial charge in [-0.15, -0.1) is 0 Å². The Morgan fingerprint density at radius 3 is 2.71 bits per heavy atom. The molecule has 2 aromatic heterocycles. The summed E-state index contributed by atoms with van der Waals surface area (Å²) in [7, 11) is 3.61. The number of imidazole rings is 1. The molecule has 2 heterocycles. The molecule has 7 heteroatoms. The van der Waals surface area contributed by atoms with Gasteiger partial charge in [-0.1, -0.05) is 6.92 Å². The lowest BCUT2D eigenvalue weighted by Crippen LogP contribution is -2.08. The number of nitrogen functional groups attached to an aromatic ring is 1. The molecule has 0 saturated heterocycles. The fraction of sp³-hybridized carbons (Fsp3) is 0.714. The van der Waals surface area contributed by atoms with Gasteiger partial charge in [-0.2, -0.15) is 5.10 Å². The topological polar surface area (TPSA) is 80.1 Å². The van der Waals surface area contributed by atoms with Crippen LogP contribution in [-0.4, -0.2) is 46.3 Å². The number of unbranched alkanes of at least 4 members (excludes halogenated alkanes) is 1. The summed E-state index contributed by atoms with van der Waals surface area (Å²) in [6.45, 7) is 4.94. The Bertz CT molecular complexity index is 575. The van der Waals surface area contributed by atoms with E-state index in [1.807, 2.05) is 16.3 Å². The van der Waals surface area contributed by atoms with Crippen molar-refractivity contribution in [1.82, 2.24) is 19.3 Å². The molecular formula is C14H25N5O2. The first-order chi connectivity index (χ1) is 10.2. The maximum absolute atomic E-state index is 6.03. The third-order valence-electron chi connectivity index (χ3n) is 3.51. The number of ether oxygens (including phenoxy) is 2. The predicted octanol–water partition coefficient (Wildman–Crippen LogP) is 1.36. The van der Waals surface area contributed by atoms with Gasteiger partial charge in [0, 0.05) is 27.3 Å². The van der Waals surface area contributed by atoms with Crippen molar-refractivity contribution in [1.29, 1.82) is 0 Å². The smallest absolute Gasteiger partial charge is 0.202 e. The summed E-state index contributed by atoms with van der Waals surface area (Å²) >= 11 is 0. The number of fused-ring (bicyclic) bond motifs is 1. The van der Waals surface area contributed by atoms with Gasteiger partial charge in [0.05, 0.1) is 18.9 Å². The summed E-state index contributed by atoms with van der Waals surface area (Å²) in [5.41, 5.74) is 8.96. The summed E-state index contributed by atoms with van der Waals surface area (Å²) in [5.74, 6) is 0.563. The molecule has 0 amide bonds. The van der Waals surface area contributed by atoms with E-state index in [0.29, 0.717) is 19.2 Å². The zero-order valence-corrected chi connectivity index (χ0v) is 13.1. The number of methoxy groups -OCH3 is 1. The first-order valence-corrected chi connectivity index (χ1v) is 7.43. The first kappa shape index (κ1) is 15.8. The minimum absolute atomic E-state index is 0.563. The third kappa shape index (κ3) is 3.54. The van der Waals surface area contributed by atoms with Crippen molar-refractivity contribution in [3.05, 3.63) is 5.69 Å². The summed E-state index contributed by atoms with van der Waals surface area (Å²) < 4.78 is 14.3. The van der Waals surface area contributed by atoms with E-state index in [4.69, 9.17) is 15.2 Å². The highest BCUT2D eigenvalue weighted by molar-refractivity contribution is 5.77. The van der Waals surface area contributed by atoms with Crippen molar-refractivity contribution in [3.8, 4) is 0 Å². The fourth-order valence-corrected chi connectivity index (χ4v) is 2.44. The Morgan fingerprint density at radius 1 is 1.19 bits per heavy atom. The molecule has 0 aliphatic heterocycles. The van der Waals surface area contributed by atoms with Gasteiger partial charge in [0.1, 0.15) is 5.52 Å². The lowest BCUT2D eigenvalue weighted by atomic mass is 10.3. The number of aromatic nitrogens is 4. The molecule has 0 fully saturated rings. The third-order valence-corrected chi connectivity index (χ3v) is 3.51. The predicted molar refractivity (Wildman–Crippen MR) is 82.2 cm³/mol. The van der Waals surface area contributed by atoms with E-state index in [1.165, 1.54) is 0 Å². The molecule has 0 aliphatic carbocycles. The molecule has 0 spiro atoms. The first-order valence-electron chi connectivity index (χ1n) is 7.43. The van der Waals surface area contributed by atoms with Crippen LogP contribution in [0.2, 0.25) is 0 Å². The van der Waals surface area contributed by atoms with Crippen LogP contribution >= 0.6 is 0 Å². The normalized spacial score (nSPS) is 11.6. The molecule has 7 nitrogen and oxygen atoms in total. The Kier molecular flexibility index (Phi) is 5.58. The second-order valence-corrected chi connectivity index (χ2v) is 5.03. The van der Waals surface area contributed by atoms with Gasteiger partial charge in [-0.3, -0.25) is 9.25 Å². The van der Waals surface area contributed by atoms with E-state index < -0.39 is 0 Å². The number of aryl methyl sites for hydroxylation is 3. The zero-order chi connectivity index (χ0) is 15.2. The van der Waals surface area contributed by atoms with Gasteiger partial charge in [-0.05, 0) is 19.3 Å². The number of nitrogens with two attached hydrogens (primary N) is 1. The van der Waals surface area contributed by atoms with Crippen LogP contribution in [-0.2, 0) is 29.5 Å². The molecule has 2 N–H and O–H groups in total. The van der Waals surface area contributed by atoms with Gasteiger partial charge in [0.15, 0.2) is 5.65 Å². The molecule has 0 saturated carbocycles. The van der Waals surface area contributed by atoms with Crippen molar-refractivity contribution in [2.45, 2.75) is 32.7 Å². The van der Waals surface area contributed by atoms with Crippen LogP contribution in [0, 0.1) is 0 Å². The van der Waals surface area contributed by atoms with E-state index in [0.717, 1.165) is 49.3 Å². The maximum Gasteiger partial charge on any atom is 0.202 e. The standard InChI is InChI=1S/C14H25N5O2/c1-4-11-12-13(18(2)17-11)19(14(15)16-12)7-5-6-8-21-10-9-20-3/h4-10H2,1-3H3,(H2,15,16). The average molecular weight is 295 g/mol. The second-order valence-electron chi connectivity index (χ2n) is 5.03. The molecule has 0 bridgehead atoms. The molecule has 118 valence electrons. The van der Waals surface area contributed by atoms with Crippen molar-refractivity contribution in [3.63, 3.8) is 0 Å². The molecule has 2 aromatic rings. The van der Waals surface area contributed by atoms with Gasteiger partial charge >= 0.3 is 0 Å². The van der Waals surface area contributed by atoms with Crippen molar-refractivity contribution in [2.24, 2.45) is 7.05 Å². The zero-order valence-electron chi connectivity index (χ0n) is 13.1. The molecule has 0 aromatic carbocycles. The Hall–Kier alpha value is -1.60. The van der Waals surface area contributed by atoms with Crippen molar-refractivity contribution in [2.75, 3.05) is 32.7 Å². The monoisotopic (exact) mass is 295 g/mol. The van der Waals surface area contributed by atoms with Gasteiger partial charge in [0.25, 0.3) is 0 Å². The molecule has 0 aliphatic rings. The van der Waals surface area contributed by atoms with Gasteiger partial charge < -0.3 is 15.2 Å². The van der Waals surface area contributed by atoms with Crippen LogP contribution in [0.4, 0.5) is 5.95 Å². The average Bonchev–Trinajstić information content (AvgIpc) is 2.95. The summed E-state index contributed by atoms with van der Waals surface area (Å²) in [6, 6.07) is 0. The molecule has 21 heavy (non-hydrogen) atoms. The van der Waals surface area contributed by atoms with Gasteiger partial charge in [-0.25, -0.2) is 4.98 Å².